The molecule has 1 atom stereocenters. The molecule has 3 amide bonds. The SMILES string of the molecule is Cc1nc2ccccn2c1C(=O)NNC(=O)N[C@H](C)CCCC(C)C. The smallest absolute Gasteiger partial charge is 0.333 e. The first-order valence-corrected chi connectivity index (χ1v) is 8.69. The van der Waals surface area contributed by atoms with E-state index in [0.29, 0.717) is 23.0 Å². The Bertz CT molecular complexity index is 738. The van der Waals surface area contributed by atoms with E-state index in [-0.39, 0.29) is 6.04 Å². The predicted octanol–water partition coefficient (Wildman–Crippen LogP) is 2.80. The van der Waals surface area contributed by atoms with Gasteiger partial charge in [0.15, 0.2) is 0 Å². The third-order valence-electron chi connectivity index (χ3n) is 4.00. The van der Waals surface area contributed by atoms with Crippen LogP contribution in [0, 0.1) is 12.8 Å². The average Bonchev–Trinajstić information content (AvgIpc) is 2.88. The molecule has 0 spiro atoms. The van der Waals surface area contributed by atoms with Crippen molar-refractivity contribution in [2.24, 2.45) is 5.92 Å². The molecule has 7 heteroatoms. The maximum Gasteiger partial charge on any atom is 0.333 e. The van der Waals surface area contributed by atoms with Gasteiger partial charge in [-0.1, -0.05) is 32.8 Å². The van der Waals surface area contributed by atoms with Gasteiger partial charge in [-0.05, 0) is 38.3 Å². The minimum absolute atomic E-state index is 0.0492. The van der Waals surface area contributed by atoms with Crippen molar-refractivity contribution in [3.63, 3.8) is 0 Å². The van der Waals surface area contributed by atoms with Crippen molar-refractivity contribution in [1.29, 1.82) is 0 Å². The summed E-state index contributed by atoms with van der Waals surface area (Å²) in [7, 11) is 0. The van der Waals surface area contributed by atoms with Gasteiger partial charge in [-0.15, -0.1) is 0 Å². The molecule has 0 aromatic carbocycles. The number of hydrogen-bond acceptors (Lipinski definition) is 3. The monoisotopic (exact) mass is 345 g/mol. The van der Waals surface area contributed by atoms with Crippen molar-refractivity contribution >= 4 is 17.6 Å². The molecule has 2 aromatic rings. The molecule has 0 unspecified atom stereocenters. The summed E-state index contributed by atoms with van der Waals surface area (Å²) >= 11 is 0. The molecule has 0 aliphatic heterocycles. The summed E-state index contributed by atoms with van der Waals surface area (Å²) in [6.45, 7) is 8.08. The number of carbonyl (C=O) groups excluding carboxylic acids is 2. The molecule has 0 aliphatic carbocycles. The first kappa shape index (κ1) is 18.8. The third kappa shape index (κ3) is 5.20. The Morgan fingerprint density at radius 2 is 1.92 bits per heavy atom. The summed E-state index contributed by atoms with van der Waals surface area (Å²) in [4.78, 5) is 28.6. The van der Waals surface area contributed by atoms with E-state index in [1.54, 1.807) is 17.5 Å². The van der Waals surface area contributed by atoms with Gasteiger partial charge in [0, 0.05) is 12.2 Å². The molecule has 0 saturated carbocycles. The summed E-state index contributed by atoms with van der Waals surface area (Å²) in [6, 6.07) is 5.13. The van der Waals surface area contributed by atoms with Gasteiger partial charge in [-0.2, -0.15) is 0 Å². The Labute approximate surface area is 148 Å². The first-order valence-electron chi connectivity index (χ1n) is 8.69. The molecule has 7 nitrogen and oxygen atoms in total. The van der Waals surface area contributed by atoms with Gasteiger partial charge in [-0.3, -0.25) is 14.6 Å². The molecule has 25 heavy (non-hydrogen) atoms. The van der Waals surface area contributed by atoms with Gasteiger partial charge in [0.25, 0.3) is 5.91 Å². The van der Waals surface area contributed by atoms with E-state index < -0.39 is 11.9 Å². The van der Waals surface area contributed by atoms with Crippen LogP contribution in [0.25, 0.3) is 5.65 Å². The summed E-state index contributed by atoms with van der Waals surface area (Å²) in [6.07, 6.45) is 4.87. The number of carbonyl (C=O) groups is 2. The fourth-order valence-corrected chi connectivity index (χ4v) is 2.72. The van der Waals surface area contributed by atoms with Crippen molar-refractivity contribution in [3.8, 4) is 0 Å². The summed E-state index contributed by atoms with van der Waals surface area (Å²) < 4.78 is 1.69. The van der Waals surface area contributed by atoms with Crippen LogP contribution in [0.3, 0.4) is 0 Å². The van der Waals surface area contributed by atoms with Gasteiger partial charge >= 0.3 is 6.03 Å². The topological polar surface area (TPSA) is 87.5 Å². The molecule has 3 N–H and O–H groups in total. The largest absolute Gasteiger partial charge is 0.334 e. The van der Waals surface area contributed by atoms with E-state index in [1.807, 2.05) is 25.1 Å². The van der Waals surface area contributed by atoms with Crippen molar-refractivity contribution in [3.05, 3.63) is 35.8 Å². The number of imidazole rings is 1. The Balaban J connectivity index is 1.85. The number of amides is 3. The Hall–Kier alpha value is -2.57. The highest BCUT2D eigenvalue weighted by Gasteiger charge is 2.17. The molecule has 0 aliphatic rings. The van der Waals surface area contributed by atoms with E-state index in [4.69, 9.17) is 0 Å². The zero-order valence-electron chi connectivity index (χ0n) is 15.3. The van der Waals surface area contributed by atoms with Crippen molar-refractivity contribution in [1.82, 2.24) is 25.6 Å². The third-order valence-corrected chi connectivity index (χ3v) is 4.00. The quantitative estimate of drug-likeness (QED) is 0.704. The fraction of sp³-hybridized carbons (Fsp3) is 0.500. The first-order chi connectivity index (χ1) is 11.9. The second-order valence-corrected chi connectivity index (χ2v) is 6.75. The zero-order valence-corrected chi connectivity index (χ0v) is 15.3. The van der Waals surface area contributed by atoms with Crippen LogP contribution in [0.4, 0.5) is 4.79 Å². The Kier molecular flexibility index (Phi) is 6.38. The number of pyridine rings is 1. The van der Waals surface area contributed by atoms with Gasteiger partial charge in [0.2, 0.25) is 0 Å². The number of fused-ring (bicyclic) bond motifs is 1. The van der Waals surface area contributed by atoms with Gasteiger partial charge < -0.3 is 5.32 Å². The second-order valence-electron chi connectivity index (χ2n) is 6.75. The highest BCUT2D eigenvalue weighted by atomic mass is 16.2. The minimum atomic E-state index is -0.420. The Morgan fingerprint density at radius 1 is 1.16 bits per heavy atom. The molecule has 2 aromatic heterocycles. The number of aromatic nitrogens is 2. The lowest BCUT2D eigenvalue weighted by Crippen LogP contribution is -2.49. The maximum atomic E-state index is 12.4. The van der Waals surface area contributed by atoms with Crippen LogP contribution in [0.5, 0.6) is 0 Å². The van der Waals surface area contributed by atoms with Crippen LogP contribution < -0.4 is 16.2 Å². The predicted molar refractivity (Wildman–Crippen MR) is 97.2 cm³/mol. The number of nitrogens with zero attached hydrogens (tertiary/aromatic N) is 2. The number of hydrazine groups is 1. The van der Waals surface area contributed by atoms with Crippen LogP contribution >= 0.6 is 0 Å². The van der Waals surface area contributed by atoms with Crippen molar-refractivity contribution in [2.75, 3.05) is 0 Å². The number of rotatable bonds is 6. The van der Waals surface area contributed by atoms with E-state index in [1.165, 1.54) is 0 Å². The molecular weight excluding hydrogens is 318 g/mol. The number of hydrogen-bond donors (Lipinski definition) is 3. The lowest BCUT2D eigenvalue weighted by molar-refractivity contribution is 0.0929. The lowest BCUT2D eigenvalue weighted by Gasteiger charge is -2.15. The van der Waals surface area contributed by atoms with Crippen LogP contribution in [0.1, 0.15) is 56.2 Å². The van der Waals surface area contributed by atoms with Crippen molar-refractivity contribution in [2.45, 2.75) is 53.0 Å². The highest BCUT2D eigenvalue weighted by Crippen LogP contribution is 2.11. The summed E-state index contributed by atoms with van der Waals surface area (Å²) in [5.41, 5.74) is 6.53. The summed E-state index contributed by atoms with van der Waals surface area (Å²) in [5, 5.41) is 2.82. The van der Waals surface area contributed by atoms with Crippen LogP contribution in [0.15, 0.2) is 24.4 Å². The van der Waals surface area contributed by atoms with E-state index in [9.17, 15) is 9.59 Å². The van der Waals surface area contributed by atoms with Gasteiger partial charge in [0.05, 0.1) is 5.69 Å². The molecular formula is C18H27N5O2. The normalized spacial score (nSPS) is 12.2. The van der Waals surface area contributed by atoms with E-state index >= 15 is 0 Å². The van der Waals surface area contributed by atoms with Crippen LogP contribution in [-0.4, -0.2) is 27.4 Å². The zero-order chi connectivity index (χ0) is 18.4. The molecule has 0 radical (unpaired) electrons. The standard InChI is InChI=1S/C18H27N5O2/c1-12(2)8-7-9-13(3)19-18(25)22-21-17(24)16-14(4)20-15-10-5-6-11-23(15)16/h5-6,10-13H,7-9H2,1-4H3,(H,21,24)(H2,19,22,25)/t13-/m1/s1. The molecule has 136 valence electrons. The van der Waals surface area contributed by atoms with Gasteiger partial charge in [0.1, 0.15) is 11.3 Å². The maximum absolute atomic E-state index is 12.4. The highest BCUT2D eigenvalue weighted by molar-refractivity contribution is 5.95. The molecule has 2 heterocycles. The molecule has 0 bridgehead atoms. The molecule has 0 saturated heterocycles. The number of nitrogens with one attached hydrogen (secondary N) is 3. The van der Waals surface area contributed by atoms with Crippen LogP contribution in [0.2, 0.25) is 0 Å². The van der Waals surface area contributed by atoms with Crippen LogP contribution in [-0.2, 0) is 0 Å². The Morgan fingerprint density at radius 3 is 2.64 bits per heavy atom. The minimum Gasteiger partial charge on any atom is -0.334 e. The van der Waals surface area contributed by atoms with E-state index in [0.717, 1.165) is 19.3 Å². The number of aryl methyl sites for hydroxylation is 1. The average molecular weight is 345 g/mol. The fourth-order valence-electron chi connectivity index (χ4n) is 2.72. The molecule has 0 fully saturated rings. The van der Waals surface area contributed by atoms with E-state index in [2.05, 4.69) is 35.0 Å². The van der Waals surface area contributed by atoms with Crippen molar-refractivity contribution < 1.29 is 9.59 Å². The number of urea groups is 1. The second kappa shape index (κ2) is 8.50. The lowest BCUT2D eigenvalue weighted by atomic mass is 10.0. The van der Waals surface area contributed by atoms with Gasteiger partial charge in [-0.25, -0.2) is 15.2 Å². The summed E-state index contributed by atoms with van der Waals surface area (Å²) in [5.74, 6) is 0.257. The molecule has 2 rings (SSSR count).